The van der Waals surface area contributed by atoms with Crippen LogP contribution < -0.4 is 4.74 Å². The van der Waals surface area contributed by atoms with Crippen LogP contribution in [-0.4, -0.2) is 30.6 Å². The van der Waals surface area contributed by atoms with E-state index in [-0.39, 0.29) is 18.0 Å². The Morgan fingerprint density at radius 1 is 1.23 bits per heavy atom. The van der Waals surface area contributed by atoms with Crippen LogP contribution in [0, 0.1) is 10.1 Å². The first-order valence-electron chi connectivity index (χ1n) is 6.52. The fourth-order valence-electron chi connectivity index (χ4n) is 1.86. The maximum absolute atomic E-state index is 12.0. The lowest BCUT2D eigenvalue weighted by molar-refractivity contribution is -0.385. The highest BCUT2D eigenvalue weighted by molar-refractivity contribution is 5.99. The van der Waals surface area contributed by atoms with Crippen LogP contribution in [0.4, 0.5) is 5.69 Å². The lowest BCUT2D eigenvalue weighted by Crippen LogP contribution is -2.04. The number of Topliss-reactive ketones (excluding diaryl/α,β-unsaturated/α-hetero) is 1. The van der Waals surface area contributed by atoms with Crippen molar-refractivity contribution in [1.82, 2.24) is 0 Å². The molecule has 6 nitrogen and oxygen atoms in total. The second-order valence-electron chi connectivity index (χ2n) is 4.44. The average Bonchev–Trinajstić information content (AvgIpc) is 2.55. The van der Waals surface area contributed by atoms with E-state index in [4.69, 9.17) is 4.74 Å². The summed E-state index contributed by atoms with van der Waals surface area (Å²) in [6.07, 6.45) is 1.35. The number of nitro benzene ring substituents is 1. The maximum atomic E-state index is 12.0. The normalized spacial score (nSPS) is 10.6. The molecule has 2 aromatic rings. The lowest BCUT2D eigenvalue weighted by Gasteiger charge is -2.01. The number of hydrogen-bond acceptors (Lipinski definition) is 5. The Kier molecular flexibility index (Phi) is 4.98. The van der Waals surface area contributed by atoms with Gasteiger partial charge in [-0.3, -0.25) is 19.9 Å². The summed E-state index contributed by atoms with van der Waals surface area (Å²) in [6, 6.07) is 12.9. The molecule has 0 saturated heterocycles. The number of para-hydroxylation sites is 1. The van der Waals surface area contributed by atoms with Crippen molar-refractivity contribution in [3.05, 3.63) is 69.8 Å². The van der Waals surface area contributed by atoms with Crippen molar-refractivity contribution < 1.29 is 14.5 Å². The van der Waals surface area contributed by atoms with Crippen molar-refractivity contribution in [2.24, 2.45) is 4.99 Å². The molecule has 0 aromatic heterocycles. The highest BCUT2D eigenvalue weighted by Gasteiger charge is 2.10. The summed E-state index contributed by atoms with van der Waals surface area (Å²) in [5.74, 6) is 0.498. The van der Waals surface area contributed by atoms with Gasteiger partial charge in [0.25, 0.3) is 5.69 Å². The quantitative estimate of drug-likeness (QED) is 0.355. The Balaban J connectivity index is 2.05. The van der Waals surface area contributed by atoms with E-state index in [2.05, 4.69) is 4.99 Å². The van der Waals surface area contributed by atoms with Crippen molar-refractivity contribution in [2.45, 2.75) is 0 Å². The molecule has 0 radical (unpaired) electrons. The van der Waals surface area contributed by atoms with Crippen LogP contribution >= 0.6 is 0 Å². The molecule has 6 heteroatoms. The zero-order valence-electron chi connectivity index (χ0n) is 11.9. The van der Waals surface area contributed by atoms with E-state index in [9.17, 15) is 14.9 Å². The molecule has 0 aliphatic heterocycles. The lowest BCUT2D eigenvalue weighted by atomic mass is 10.1. The number of carbonyl (C=O) groups is 1. The van der Waals surface area contributed by atoms with E-state index < -0.39 is 4.92 Å². The Morgan fingerprint density at radius 3 is 2.55 bits per heavy atom. The van der Waals surface area contributed by atoms with Gasteiger partial charge in [-0.15, -0.1) is 0 Å². The van der Waals surface area contributed by atoms with Crippen LogP contribution in [0.15, 0.2) is 53.5 Å². The van der Waals surface area contributed by atoms with Gasteiger partial charge < -0.3 is 4.74 Å². The second-order valence-corrected chi connectivity index (χ2v) is 4.44. The standard InChI is InChI=1S/C16H14N2O4/c1-22-14-8-6-12(7-9-14)16(19)11-17-10-13-4-2-3-5-15(13)18(20)21/h2-10H,11H2,1H3. The van der Waals surface area contributed by atoms with Crippen LogP contribution in [0.25, 0.3) is 0 Å². The molecule has 2 rings (SSSR count). The minimum atomic E-state index is -0.480. The minimum absolute atomic E-state index is 0.0388. The van der Waals surface area contributed by atoms with Gasteiger partial charge in [0.1, 0.15) is 12.3 Å². The molecule has 0 bridgehead atoms. The van der Waals surface area contributed by atoms with Crippen LogP contribution in [0.3, 0.4) is 0 Å². The number of methoxy groups -OCH3 is 1. The van der Waals surface area contributed by atoms with Crippen molar-refractivity contribution in [1.29, 1.82) is 0 Å². The van der Waals surface area contributed by atoms with Gasteiger partial charge in [-0.1, -0.05) is 12.1 Å². The largest absolute Gasteiger partial charge is 0.497 e. The van der Waals surface area contributed by atoms with Crippen molar-refractivity contribution >= 4 is 17.7 Å². The van der Waals surface area contributed by atoms with Crippen LogP contribution in [-0.2, 0) is 0 Å². The van der Waals surface area contributed by atoms with Gasteiger partial charge in [0, 0.05) is 17.8 Å². The van der Waals surface area contributed by atoms with Crippen LogP contribution in [0.2, 0.25) is 0 Å². The zero-order valence-corrected chi connectivity index (χ0v) is 11.9. The average molecular weight is 298 g/mol. The highest BCUT2D eigenvalue weighted by atomic mass is 16.6. The number of aliphatic imine (C=N–C) groups is 1. The summed E-state index contributed by atoms with van der Waals surface area (Å²) in [6.45, 7) is -0.0711. The first-order valence-corrected chi connectivity index (χ1v) is 6.52. The Labute approximate surface area is 127 Å². The molecule has 112 valence electrons. The molecule has 2 aromatic carbocycles. The molecule has 0 N–H and O–H groups in total. The third-order valence-corrected chi connectivity index (χ3v) is 3.01. The number of benzene rings is 2. The van der Waals surface area contributed by atoms with Gasteiger partial charge in [0.15, 0.2) is 5.78 Å². The number of nitrogens with zero attached hydrogens (tertiary/aromatic N) is 2. The van der Waals surface area contributed by atoms with Gasteiger partial charge in [0.2, 0.25) is 0 Å². The monoisotopic (exact) mass is 298 g/mol. The number of rotatable bonds is 6. The van der Waals surface area contributed by atoms with Gasteiger partial charge >= 0.3 is 0 Å². The third-order valence-electron chi connectivity index (χ3n) is 3.01. The molecule has 0 fully saturated rings. The topological polar surface area (TPSA) is 81.8 Å². The predicted molar refractivity (Wildman–Crippen MR) is 82.9 cm³/mol. The SMILES string of the molecule is COc1ccc(C(=O)CN=Cc2ccccc2[N+](=O)[O-])cc1. The van der Waals surface area contributed by atoms with Gasteiger partial charge in [0.05, 0.1) is 17.6 Å². The highest BCUT2D eigenvalue weighted by Crippen LogP contribution is 2.15. The summed E-state index contributed by atoms with van der Waals surface area (Å²) < 4.78 is 5.02. The molecular weight excluding hydrogens is 284 g/mol. The summed E-state index contributed by atoms with van der Waals surface area (Å²) in [4.78, 5) is 26.3. The Hall–Kier alpha value is -3.02. The summed E-state index contributed by atoms with van der Waals surface area (Å²) in [5, 5.41) is 10.9. The second kappa shape index (κ2) is 7.12. The van der Waals surface area contributed by atoms with Gasteiger partial charge in [-0.25, -0.2) is 0 Å². The molecule has 0 spiro atoms. The number of ether oxygens (including phenoxy) is 1. The molecule has 0 aliphatic carbocycles. The molecule has 22 heavy (non-hydrogen) atoms. The first kappa shape index (κ1) is 15.4. The van der Waals surface area contributed by atoms with Crippen LogP contribution in [0.5, 0.6) is 5.75 Å². The summed E-state index contributed by atoms with van der Waals surface area (Å²) >= 11 is 0. The molecule has 0 atom stereocenters. The van der Waals surface area contributed by atoms with Gasteiger partial charge in [-0.2, -0.15) is 0 Å². The number of carbonyl (C=O) groups excluding carboxylic acids is 1. The van der Waals surface area contributed by atoms with E-state index in [1.165, 1.54) is 12.3 Å². The molecule has 0 heterocycles. The third kappa shape index (κ3) is 3.76. The molecule has 0 amide bonds. The number of ketones is 1. The van der Waals surface area contributed by atoms with E-state index in [1.807, 2.05) is 0 Å². The van der Waals surface area contributed by atoms with E-state index >= 15 is 0 Å². The van der Waals surface area contributed by atoms with Crippen molar-refractivity contribution in [3.63, 3.8) is 0 Å². The first-order chi connectivity index (χ1) is 10.6. The van der Waals surface area contributed by atoms with E-state index in [1.54, 1.807) is 49.6 Å². The number of hydrogen-bond donors (Lipinski definition) is 0. The van der Waals surface area contributed by atoms with E-state index in [0.717, 1.165) is 0 Å². The Bertz CT molecular complexity index is 708. The Morgan fingerprint density at radius 2 is 1.91 bits per heavy atom. The molecule has 0 saturated carbocycles. The molecule has 0 aliphatic rings. The smallest absolute Gasteiger partial charge is 0.278 e. The van der Waals surface area contributed by atoms with Crippen molar-refractivity contribution in [3.8, 4) is 5.75 Å². The maximum Gasteiger partial charge on any atom is 0.278 e. The summed E-state index contributed by atoms with van der Waals surface area (Å²) in [7, 11) is 1.55. The van der Waals surface area contributed by atoms with E-state index in [0.29, 0.717) is 16.9 Å². The minimum Gasteiger partial charge on any atom is -0.497 e. The summed E-state index contributed by atoms with van der Waals surface area (Å²) in [5.41, 5.74) is 0.846. The molecule has 0 unspecified atom stereocenters. The van der Waals surface area contributed by atoms with Gasteiger partial charge in [-0.05, 0) is 30.3 Å². The zero-order chi connectivity index (χ0) is 15.9. The molecular formula is C16H14N2O4. The fourth-order valence-corrected chi connectivity index (χ4v) is 1.86. The number of nitro groups is 1. The predicted octanol–water partition coefficient (Wildman–Crippen LogP) is 2.91. The fraction of sp³-hybridized carbons (Fsp3) is 0.125. The van der Waals surface area contributed by atoms with Crippen LogP contribution in [0.1, 0.15) is 15.9 Å². The van der Waals surface area contributed by atoms with Crippen molar-refractivity contribution in [2.75, 3.05) is 13.7 Å².